The van der Waals surface area contributed by atoms with Gasteiger partial charge in [0.1, 0.15) is 11.6 Å². The summed E-state index contributed by atoms with van der Waals surface area (Å²) in [7, 11) is 7.88. The summed E-state index contributed by atoms with van der Waals surface area (Å²) in [5.41, 5.74) is 0.724. The number of ether oxygens (including phenoxy) is 1. The van der Waals surface area contributed by atoms with Crippen LogP contribution in [0.5, 0.6) is 5.75 Å². The Kier molecular flexibility index (Phi) is 6.97. The number of rotatable bonds is 4. The van der Waals surface area contributed by atoms with Gasteiger partial charge >= 0.3 is 0 Å². The lowest BCUT2D eigenvalue weighted by Gasteiger charge is -2.23. The van der Waals surface area contributed by atoms with Gasteiger partial charge in [0.15, 0.2) is 0 Å². The molecule has 0 N–H and O–H groups in total. The number of hydrogen-bond donors (Lipinski definition) is 0. The first-order valence-electron chi connectivity index (χ1n) is 5.52. The molecule has 1 rings (SSSR count). The minimum atomic E-state index is -0.500. The lowest BCUT2D eigenvalue weighted by molar-refractivity contribution is -0.870. The van der Waals surface area contributed by atoms with Gasteiger partial charge in [-0.2, -0.15) is 0 Å². The third-order valence-corrected chi connectivity index (χ3v) is 2.30. The number of carbonyl (C=O) groups excluding carboxylic acids is 1. The van der Waals surface area contributed by atoms with Crippen LogP contribution in [-0.2, 0) is 11.2 Å². The quantitative estimate of drug-likeness (QED) is 0.581. The highest BCUT2D eigenvalue weighted by Gasteiger charge is 2.10. The Bertz CT molecular complexity index is 375. The second-order valence-electron chi connectivity index (χ2n) is 4.82. The molecule has 5 heteroatoms. The van der Waals surface area contributed by atoms with Crippen molar-refractivity contribution in [3.05, 3.63) is 29.6 Å². The minimum Gasteiger partial charge on any atom is -0.554 e. The number of halogens is 1. The summed E-state index contributed by atoms with van der Waals surface area (Å²) in [5.74, 6) is 0.567. The first-order chi connectivity index (χ1) is 8.34. The molecule has 4 nitrogen and oxygen atoms in total. The number of methoxy groups -OCH3 is 1. The van der Waals surface area contributed by atoms with Gasteiger partial charge in [-0.15, -0.1) is 0 Å². The van der Waals surface area contributed by atoms with Crippen molar-refractivity contribution in [2.45, 2.75) is 6.42 Å². The maximum Gasteiger partial charge on any atom is 0.126 e. The van der Waals surface area contributed by atoms with Gasteiger partial charge in [0.2, 0.25) is 0 Å². The molecule has 0 aromatic heterocycles. The number of hydrogen-bond acceptors (Lipinski definition) is 3. The van der Waals surface area contributed by atoms with E-state index in [9.17, 15) is 4.39 Å². The van der Waals surface area contributed by atoms with Crippen molar-refractivity contribution >= 4 is 6.47 Å². The molecule has 0 unspecified atom stereocenters. The van der Waals surface area contributed by atoms with Gasteiger partial charge in [-0.3, -0.25) is 0 Å². The van der Waals surface area contributed by atoms with E-state index < -0.39 is 6.47 Å². The highest BCUT2D eigenvalue weighted by atomic mass is 19.1. The van der Waals surface area contributed by atoms with Crippen molar-refractivity contribution in [3.8, 4) is 5.75 Å². The first-order valence-corrected chi connectivity index (χ1v) is 5.52. The molecule has 0 fully saturated rings. The van der Waals surface area contributed by atoms with Crippen LogP contribution in [0.1, 0.15) is 5.56 Å². The largest absolute Gasteiger partial charge is 0.554 e. The summed E-state index contributed by atoms with van der Waals surface area (Å²) in [4.78, 5) is 8.25. The number of likely N-dealkylation sites (N-methyl/N-ethyl adjacent to an activating group) is 1. The van der Waals surface area contributed by atoms with Gasteiger partial charge in [0.05, 0.1) is 34.8 Å². The van der Waals surface area contributed by atoms with E-state index in [2.05, 4.69) is 21.1 Å². The fraction of sp³-hybridized carbons (Fsp3) is 0.462. The molecule has 1 aromatic carbocycles. The Morgan fingerprint density at radius 1 is 1.39 bits per heavy atom. The summed E-state index contributed by atoms with van der Waals surface area (Å²) >= 11 is 0. The van der Waals surface area contributed by atoms with E-state index in [0.29, 0.717) is 5.75 Å². The van der Waals surface area contributed by atoms with Crippen LogP contribution in [0.4, 0.5) is 4.39 Å². The van der Waals surface area contributed by atoms with Crippen molar-refractivity contribution in [2.75, 3.05) is 34.8 Å². The third kappa shape index (κ3) is 6.85. The molecule has 0 saturated heterocycles. The minimum absolute atomic E-state index is 0.149. The first kappa shape index (κ1) is 16.4. The molecule has 0 heterocycles. The monoisotopic (exact) mass is 257 g/mol. The lowest BCUT2D eigenvalue weighted by atomic mass is 10.1. The molecular weight excluding hydrogens is 237 g/mol. The molecule has 0 aliphatic heterocycles. The average molecular weight is 257 g/mol. The van der Waals surface area contributed by atoms with Crippen LogP contribution in [0.3, 0.4) is 0 Å². The number of nitrogens with zero attached hydrogens (tertiary/aromatic N) is 1. The van der Waals surface area contributed by atoms with E-state index in [4.69, 9.17) is 14.6 Å². The number of benzene rings is 1. The van der Waals surface area contributed by atoms with Gasteiger partial charge in [-0.05, 0) is 23.8 Å². The van der Waals surface area contributed by atoms with Crippen LogP contribution >= 0.6 is 0 Å². The van der Waals surface area contributed by atoms with Gasteiger partial charge < -0.3 is 19.1 Å². The van der Waals surface area contributed by atoms with Crippen molar-refractivity contribution in [1.82, 2.24) is 0 Å². The molecule has 1 aromatic rings. The van der Waals surface area contributed by atoms with Gasteiger partial charge in [0.25, 0.3) is 0 Å². The van der Waals surface area contributed by atoms with Crippen LogP contribution in [-0.4, -0.2) is 45.8 Å². The third-order valence-electron chi connectivity index (χ3n) is 2.30. The molecule has 0 radical (unpaired) electrons. The van der Waals surface area contributed by atoms with Crippen LogP contribution in [0, 0.1) is 5.82 Å². The standard InChI is InChI=1S/C12H19FNO.CH2O2/c1-14(2,3)8-7-10-9-11(15-4)5-6-12(10)13;2-1-3/h5-6,9H,7-8H2,1-4H3;1H,(H,2,3)/q+1;/p-1. The fourth-order valence-electron chi connectivity index (χ4n) is 1.33. The van der Waals surface area contributed by atoms with Crippen molar-refractivity contribution in [1.29, 1.82) is 0 Å². The SMILES string of the molecule is COc1ccc(F)c(CC[N+](C)(C)C)c1.O=C[O-]. The Morgan fingerprint density at radius 3 is 2.39 bits per heavy atom. The van der Waals surface area contributed by atoms with E-state index >= 15 is 0 Å². The van der Waals surface area contributed by atoms with Gasteiger partial charge in [-0.1, -0.05) is 0 Å². The zero-order valence-electron chi connectivity index (χ0n) is 11.3. The number of quaternary nitrogens is 1. The predicted octanol–water partition coefficient (Wildman–Crippen LogP) is 0.449. The predicted molar refractivity (Wildman–Crippen MR) is 65.6 cm³/mol. The molecule has 0 spiro atoms. The summed E-state index contributed by atoms with van der Waals surface area (Å²) < 4.78 is 19.3. The molecule has 0 saturated carbocycles. The summed E-state index contributed by atoms with van der Waals surface area (Å²) in [6.07, 6.45) is 0.729. The van der Waals surface area contributed by atoms with Crippen LogP contribution < -0.4 is 9.84 Å². The molecule has 0 aliphatic carbocycles. The number of carbonyl (C=O) groups is 1. The summed E-state index contributed by atoms with van der Waals surface area (Å²) in [6, 6.07) is 4.87. The van der Waals surface area contributed by atoms with Crippen molar-refractivity contribution in [2.24, 2.45) is 0 Å². The second kappa shape index (κ2) is 7.66. The van der Waals surface area contributed by atoms with Crippen LogP contribution in [0.15, 0.2) is 18.2 Å². The summed E-state index contributed by atoms with van der Waals surface area (Å²) in [6.45, 7) is 0.407. The average Bonchev–Trinajstić information content (AvgIpc) is 2.28. The Labute approximate surface area is 107 Å². The molecule has 102 valence electrons. The van der Waals surface area contributed by atoms with E-state index in [1.807, 2.05) is 0 Å². The topological polar surface area (TPSA) is 49.4 Å². The fourth-order valence-corrected chi connectivity index (χ4v) is 1.33. The Hall–Kier alpha value is -1.62. The van der Waals surface area contributed by atoms with Crippen LogP contribution in [0.25, 0.3) is 0 Å². The Balaban J connectivity index is 0.000000873. The number of carboxylic acid groups (broad SMARTS) is 1. The molecule has 0 amide bonds. The summed E-state index contributed by atoms with van der Waals surface area (Å²) in [5, 5.41) is 8.25. The second-order valence-corrected chi connectivity index (χ2v) is 4.82. The molecular formula is C13H20FNO3. The normalized spacial score (nSPS) is 10.3. The maximum atomic E-state index is 13.4. The highest BCUT2D eigenvalue weighted by molar-refractivity contribution is 5.30. The molecule has 0 bridgehead atoms. The van der Waals surface area contributed by atoms with E-state index in [1.54, 1.807) is 19.2 Å². The van der Waals surface area contributed by atoms with E-state index in [1.165, 1.54) is 6.07 Å². The zero-order chi connectivity index (χ0) is 14.2. The molecule has 0 aliphatic rings. The van der Waals surface area contributed by atoms with Gasteiger partial charge in [0, 0.05) is 12.9 Å². The van der Waals surface area contributed by atoms with Crippen molar-refractivity contribution < 1.29 is 23.5 Å². The van der Waals surface area contributed by atoms with Crippen molar-refractivity contribution in [3.63, 3.8) is 0 Å². The highest BCUT2D eigenvalue weighted by Crippen LogP contribution is 2.17. The Morgan fingerprint density at radius 2 is 1.94 bits per heavy atom. The van der Waals surface area contributed by atoms with E-state index in [-0.39, 0.29) is 5.82 Å². The lowest BCUT2D eigenvalue weighted by Crippen LogP contribution is -2.36. The van der Waals surface area contributed by atoms with Gasteiger partial charge in [-0.25, -0.2) is 4.39 Å². The zero-order valence-corrected chi connectivity index (χ0v) is 11.3. The molecule has 0 atom stereocenters. The maximum absolute atomic E-state index is 13.4. The van der Waals surface area contributed by atoms with E-state index in [0.717, 1.165) is 23.0 Å². The smallest absolute Gasteiger partial charge is 0.126 e. The molecule has 18 heavy (non-hydrogen) atoms. The van der Waals surface area contributed by atoms with Crippen LogP contribution in [0.2, 0.25) is 0 Å².